The van der Waals surface area contributed by atoms with Crippen LogP contribution in [0.4, 0.5) is 5.69 Å². The lowest BCUT2D eigenvalue weighted by Crippen LogP contribution is -2.29. The molecule has 3 aromatic rings. The predicted octanol–water partition coefficient (Wildman–Crippen LogP) is 5.81. The first-order valence-electron chi connectivity index (χ1n) is 11.5. The molecule has 2 heterocycles. The normalized spacial score (nSPS) is 13.9. The maximum Gasteiger partial charge on any atom is 0.259 e. The minimum absolute atomic E-state index is 0. The molecule has 1 amide bonds. The summed E-state index contributed by atoms with van der Waals surface area (Å²) in [6.45, 7) is 6.16. The van der Waals surface area contributed by atoms with Gasteiger partial charge in [-0.1, -0.05) is 37.6 Å². The Morgan fingerprint density at radius 2 is 1.77 bits per heavy atom. The molecule has 0 spiro atoms. The quantitative estimate of drug-likeness (QED) is 0.412. The molecule has 7 nitrogen and oxygen atoms in total. The number of anilines is 1. The zero-order valence-electron chi connectivity index (χ0n) is 20.4. The number of nitrogens with one attached hydrogen (secondary N) is 2. The molecule has 0 unspecified atom stereocenters. The number of rotatable bonds is 7. The van der Waals surface area contributed by atoms with Gasteiger partial charge in [0.05, 0.1) is 48.1 Å². The summed E-state index contributed by atoms with van der Waals surface area (Å²) < 4.78 is 12.6. The number of methoxy groups -OCH3 is 2. The first-order valence-corrected chi connectivity index (χ1v) is 11.9. The van der Waals surface area contributed by atoms with E-state index in [0.717, 1.165) is 37.3 Å². The summed E-state index contributed by atoms with van der Waals surface area (Å²) in [5, 5.41) is 11.4. The van der Waals surface area contributed by atoms with Crippen LogP contribution in [0.1, 0.15) is 60.1 Å². The van der Waals surface area contributed by atoms with Crippen molar-refractivity contribution >= 4 is 35.6 Å². The van der Waals surface area contributed by atoms with Gasteiger partial charge in [-0.25, -0.2) is 4.68 Å². The van der Waals surface area contributed by atoms with Crippen LogP contribution in [-0.4, -0.2) is 43.0 Å². The molecule has 2 aromatic carbocycles. The fourth-order valence-electron chi connectivity index (χ4n) is 4.37. The Kier molecular flexibility index (Phi) is 9.05. The Labute approximate surface area is 217 Å². The van der Waals surface area contributed by atoms with Crippen LogP contribution in [0.2, 0.25) is 5.02 Å². The largest absolute Gasteiger partial charge is 0.495 e. The molecule has 0 saturated carbocycles. The Morgan fingerprint density at radius 3 is 2.37 bits per heavy atom. The van der Waals surface area contributed by atoms with E-state index in [1.54, 1.807) is 18.3 Å². The minimum atomic E-state index is -0.252. The summed E-state index contributed by atoms with van der Waals surface area (Å²) in [6.07, 6.45) is 3.53. The number of piperidine rings is 1. The molecule has 1 aromatic heterocycles. The lowest BCUT2D eigenvalue weighted by molar-refractivity contribution is 0.102. The van der Waals surface area contributed by atoms with Gasteiger partial charge in [0.25, 0.3) is 5.91 Å². The monoisotopic (exact) mass is 518 g/mol. The number of hydrogen-bond acceptors (Lipinski definition) is 5. The molecule has 2 N–H and O–H groups in total. The zero-order chi connectivity index (χ0) is 24.2. The van der Waals surface area contributed by atoms with Crippen molar-refractivity contribution in [3.8, 4) is 17.2 Å². The predicted molar refractivity (Wildman–Crippen MR) is 142 cm³/mol. The number of ether oxygens (including phenoxy) is 2. The van der Waals surface area contributed by atoms with Crippen molar-refractivity contribution in [1.29, 1.82) is 0 Å². The van der Waals surface area contributed by atoms with Crippen LogP contribution < -0.4 is 20.1 Å². The smallest absolute Gasteiger partial charge is 0.259 e. The molecule has 9 heteroatoms. The number of nitrogens with zero attached hydrogens (tertiary/aromatic N) is 2. The second-order valence-corrected chi connectivity index (χ2v) is 9.17. The van der Waals surface area contributed by atoms with Gasteiger partial charge in [0.15, 0.2) is 0 Å². The van der Waals surface area contributed by atoms with E-state index in [0.29, 0.717) is 33.7 Å². The topological polar surface area (TPSA) is 77.4 Å². The number of aromatic nitrogens is 2. The summed E-state index contributed by atoms with van der Waals surface area (Å²) >= 11 is 6.30. The highest BCUT2D eigenvalue weighted by molar-refractivity contribution is 6.32. The number of hydrogen-bond donors (Lipinski definition) is 2. The standard InChI is InChI=1S/C26H31ClN4O3.ClH/c1-16(2)17-5-7-19(8-6-17)31-25(18-9-11-28-12-10-18)20(15-29-31)26(32)30-22-13-21(27)23(33-3)14-24(22)34-4;/h5-8,13-16,18,28H,9-12H2,1-4H3,(H,30,32);1H. The fraction of sp³-hybridized carbons (Fsp3) is 0.385. The van der Waals surface area contributed by atoms with Crippen molar-refractivity contribution in [3.05, 3.63) is 64.4 Å². The molecule has 4 rings (SSSR count). The van der Waals surface area contributed by atoms with Gasteiger partial charge in [-0.15, -0.1) is 12.4 Å². The molecule has 1 aliphatic heterocycles. The Hall–Kier alpha value is -2.74. The third kappa shape index (κ3) is 5.74. The molecule has 0 bridgehead atoms. The second-order valence-electron chi connectivity index (χ2n) is 8.77. The van der Waals surface area contributed by atoms with Crippen molar-refractivity contribution in [2.75, 3.05) is 32.6 Å². The number of amides is 1. The van der Waals surface area contributed by atoms with Crippen LogP contribution in [-0.2, 0) is 0 Å². The van der Waals surface area contributed by atoms with Gasteiger partial charge in [-0.05, 0) is 55.6 Å². The number of benzene rings is 2. The van der Waals surface area contributed by atoms with Gasteiger partial charge in [0, 0.05) is 12.0 Å². The van der Waals surface area contributed by atoms with E-state index in [9.17, 15) is 4.79 Å². The van der Waals surface area contributed by atoms with Crippen LogP contribution in [0, 0.1) is 0 Å². The molecule has 0 radical (unpaired) electrons. The van der Waals surface area contributed by atoms with Crippen molar-refractivity contribution in [1.82, 2.24) is 15.1 Å². The number of halogens is 2. The van der Waals surface area contributed by atoms with Gasteiger partial charge >= 0.3 is 0 Å². The van der Waals surface area contributed by atoms with Gasteiger partial charge in [-0.3, -0.25) is 4.79 Å². The highest BCUT2D eigenvalue weighted by Gasteiger charge is 2.27. The molecular formula is C26H32Cl2N4O3. The van der Waals surface area contributed by atoms with Crippen molar-refractivity contribution in [2.45, 2.75) is 38.5 Å². The van der Waals surface area contributed by atoms with E-state index in [4.69, 9.17) is 21.1 Å². The molecular weight excluding hydrogens is 487 g/mol. The van der Waals surface area contributed by atoms with E-state index in [1.165, 1.54) is 19.8 Å². The Balaban J connectivity index is 0.00000342. The highest BCUT2D eigenvalue weighted by atomic mass is 35.5. The fourth-order valence-corrected chi connectivity index (χ4v) is 4.62. The van der Waals surface area contributed by atoms with Crippen LogP contribution in [0.15, 0.2) is 42.6 Å². The molecule has 1 aliphatic rings. The Morgan fingerprint density at radius 1 is 1.11 bits per heavy atom. The maximum atomic E-state index is 13.5. The molecule has 0 aliphatic carbocycles. The summed E-state index contributed by atoms with van der Waals surface area (Å²) in [4.78, 5) is 13.5. The summed E-state index contributed by atoms with van der Waals surface area (Å²) in [5.74, 6) is 1.36. The van der Waals surface area contributed by atoms with Crippen LogP contribution in [0.5, 0.6) is 11.5 Å². The van der Waals surface area contributed by atoms with E-state index >= 15 is 0 Å². The first-order chi connectivity index (χ1) is 16.4. The third-order valence-electron chi connectivity index (χ3n) is 6.30. The highest BCUT2D eigenvalue weighted by Crippen LogP contribution is 2.37. The first kappa shape index (κ1) is 26.9. The lowest BCUT2D eigenvalue weighted by atomic mass is 9.91. The van der Waals surface area contributed by atoms with Crippen LogP contribution >= 0.6 is 24.0 Å². The Bertz CT molecular complexity index is 1160. The minimum Gasteiger partial charge on any atom is -0.495 e. The molecule has 1 fully saturated rings. The maximum absolute atomic E-state index is 13.5. The van der Waals surface area contributed by atoms with E-state index in [-0.39, 0.29) is 24.2 Å². The average molecular weight is 519 g/mol. The van der Waals surface area contributed by atoms with E-state index in [1.807, 2.05) is 4.68 Å². The van der Waals surface area contributed by atoms with Crippen LogP contribution in [0.25, 0.3) is 5.69 Å². The van der Waals surface area contributed by atoms with Gasteiger partial charge in [0.1, 0.15) is 11.5 Å². The van der Waals surface area contributed by atoms with E-state index in [2.05, 4.69) is 53.8 Å². The van der Waals surface area contributed by atoms with Gasteiger partial charge < -0.3 is 20.1 Å². The lowest BCUT2D eigenvalue weighted by Gasteiger charge is -2.25. The SMILES string of the molecule is COc1cc(OC)c(NC(=O)c2cnn(-c3ccc(C(C)C)cc3)c2C2CCNCC2)cc1Cl.Cl. The third-order valence-corrected chi connectivity index (χ3v) is 6.60. The molecule has 1 saturated heterocycles. The second kappa shape index (κ2) is 11.8. The average Bonchev–Trinajstić information content (AvgIpc) is 3.30. The molecule has 188 valence electrons. The molecule has 0 atom stereocenters. The summed E-state index contributed by atoms with van der Waals surface area (Å²) in [7, 11) is 3.07. The van der Waals surface area contributed by atoms with Crippen molar-refractivity contribution < 1.29 is 14.3 Å². The number of carbonyl (C=O) groups is 1. The number of carbonyl (C=O) groups excluding carboxylic acids is 1. The zero-order valence-corrected chi connectivity index (χ0v) is 22.0. The summed E-state index contributed by atoms with van der Waals surface area (Å²) in [6, 6.07) is 11.7. The van der Waals surface area contributed by atoms with Crippen LogP contribution in [0.3, 0.4) is 0 Å². The summed E-state index contributed by atoms with van der Waals surface area (Å²) in [5.41, 5.74) is 4.16. The van der Waals surface area contributed by atoms with Gasteiger partial charge in [-0.2, -0.15) is 5.10 Å². The van der Waals surface area contributed by atoms with Crippen molar-refractivity contribution in [3.63, 3.8) is 0 Å². The van der Waals surface area contributed by atoms with E-state index < -0.39 is 0 Å². The van der Waals surface area contributed by atoms with Gasteiger partial charge in [0.2, 0.25) is 0 Å². The van der Waals surface area contributed by atoms with Crippen molar-refractivity contribution in [2.24, 2.45) is 0 Å². The molecule has 35 heavy (non-hydrogen) atoms.